The maximum absolute atomic E-state index is 2.65. The maximum atomic E-state index is 2.65. The number of unbranched alkanes of at least 4 members (excludes halogenated alkanes) is 18. The lowest BCUT2D eigenvalue weighted by Crippen LogP contribution is -2.11. The molecule has 0 saturated carbocycles. The molecule has 0 aliphatic heterocycles. The highest BCUT2D eigenvalue weighted by Crippen LogP contribution is 2.28. The van der Waals surface area contributed by atoms with E-state index in [-0.39, 0.29) is 0 Å². The first-order valence-electron chi connectivity index (χ1n) is 16.1. The van der Waals surface area contributed by atoms with E-state index in [1.807, 2.05) is 0 Å². The van der Waals surface area contributed by atoms with E-state index >= 15 is 0 Å². The van der Waals surface area contributed by atoms with Crippen molar-refractivity contribution < 1.29 is 0 Å². The van der Waals surface area contributed by atoms with Gasteiger partial charge in [0.1, 0.15) is 0 Å². The zero-order valence-electron chi connectivity index (χ0n) is 24.4. The first-order chi connectivity index (χ1) is 16.8. The van der Waals surface area contributed by atoms with E-state index in [0.29, 0.717) is 0 Å². The van der Waals surface area contributed by atoms with Gasteiger partial charge in [-0.15, -0.1) is 0 Å². The molecule has 0 aromatic heterocycles. The summed E-state index contributed by atoms with van der Waals surface area (Å²) in [5.74, 6) is 1.53. The largest absolute Gasteiger partial charge is 0.0882 e. The van der Waals surface area contributed by atoms with Crippen LogP contribution in [0.4, 0.5) is 0 Å². The SMILES string of the molecule is CCCCCC=CC(CCCCCCCCC)C(C=CCCCCC)CCCCCCCCC. The first-order valence-corrected chi connectivity index (χ1v) is 16.1. The van der Waals surface area contributed by atoms with Gasteiger partial charge in [0.25, 0.3) is 0 Å². The average Bonchev–Trinajstić information content (AvgIpc) is 2.85. The predicted molar refractivity (Wildman–Crippen MR) is 159 cm³/mol. The summed E-state index contributed by atoms with van der Waals surface area (Å²) in [6, 6.07) is 0. The van der Waals surface area contributed by atoms with Gasteiger partial charge in [-0.1, -0.05) is 168 Å². The number of hydrogen-bond donors (Lipinski definition) is 0. The lowest BCUT2D eigenvalue weighted by molar-refractivity contribution is 0.384. The molecule has 0 nitrogen and oxygen atoms in total. The third kappa shape index (κ3) is 23.2. The second-order valence-corrected chi connectivity index (χ2v) is 11.0. The molecule has 0 bridgehead atoms. The van der Waals surface area contributed by atoms with Crippen LogP contribution in [0.2, 0.25) is 0 Å². The van der Waals surface area contributed by atoms with Crippen LogP contribution in [0.1, 0.15) is 182 Å². The van der Waals surface area contributed by atoms with Crippen molar-refractivity contribution in [3.8, 4) is 0 Å². The van der Waals surface area contributed by atoms with Gasteiger partial charge < -0.3 is 0 Å². The van der Waals surface area contributed by atoms with E-state index in [4.69, 9.17) is 0 Å². The van der Waals surface area contributed by atoms with Crippen molar-refractivity contribution in [1.82, 2.24) is 0 Å². The number of hydrogen-bond acceptors (Lipinski definition) is 0. The highest BCUT2D eigenvalue weighted by atomic mass is 14.2. The Labute approximate surface area is 217 Å². The van der Waals surface area contributed by atoms with Gasteiger partial charge in [-0.2, -0.15) is 0 Å². The predicted octanol–water partition coefficient (Wildman–Crippen LogP) is 12.8. The van der Waals surface area contributed by atoms with Crippen molar-refractivity contribution in [2.75, 3.05) is 0 Å². The molecule has 0 aromatic carbocycles. The van der Waals surface area contributed by atoms with Crippen molar-refractivity contribution in [2.24, 2.45) is 11.8 Å². The molecule has 0 radical (unpaired) electrons. The van der Waals surface area contributed by atoms with Crippen molar-refractivity contribution in [2.45, 2.75) is 182 Å². The molecule has 0 fully saturated rings. The molecule has 0 N–H and O–H groups in total. The summed E-state index contributed by atoms with van der Waals surface area (Å²) >= 11 is 0. The van der Waals surface area contributed by atoms with E-state index in [1.54, 1.807) is 0 Å². The standard InChI is InChI=1S/C34H66/c1-5-9-13-17-19-23-27-31-33(29-25-21-15-11-7-3)34(30-26-22-16-12-8-4)32-28-24-20-18-14-10-6-2/h25-26,29-30,33-34H,5-24,27-28,31-32H2,1-4H3. The molecule has 2 atom stereocenters. The lowest BCUT2D eigenvalue weighted by atomic mass is 9.82. The van der Waals surface area contributed by atoms with Gasteiger partial charge in [-0.25, -0.2) is 0 Å². The Morgan fingerprint density at radius 3 is 1.00 bits per heavy atom. The Morgan fingerprint density at radius 2 is 0.647 bits per heavy atom. The zero-order chi connectivity index (χ0) is 25.0. The second kappa shape index (κ2) is 28.7. The molecular weight excluding hydrogens is 408 g/mol. The second-order valence-electron chi connectivity index (χ2n) is 11.0. The fraction of sp³-hybridized carbons (Fsp3) is 0.882. The van der Waals surface area contributed by atoms with Crippen LogP contribution in [0.15, 0.2) is 24.3 Å². The van der Waals surface area contributed by atoms with Gasteiger partial charge in [0.05, 0.1) is 0 Å². The summed E-state index contributed by atoms with van der Waals surface area (Å²) in [5.41, 5.74) is 0. The smallest absolute Gasteiger partial charge is 0.0171 e. The molecule has 0 aliphatic carbocycles. The van der Waals surface area contributed by atoms with Gasteiger partial charge >= 0.3 is 0 Å². The highest BCUT2D eigenvalue weighted by Gasteiger charge is 2.16. The molecule has 0 aliphatic rings. The molecule has 0 aromatic rings. The molecule has 202 valence electrons. The molecule has 0 spiro atoms. The van der Waals surface area contributed by atoms with Crippen LogP contribution in [-0.4, -0.2) is 0 Å². The molecule has 0 heteroatoms. The topological polar surface area (TPSA) is 0 Å². The van der Waals surface area contributed by atoms with Crippen LogP contribution >= 0.6 is 0 Å². The fourth-order valence-corrected chi connectivity index (χ4v) is 5.15. The minimum Gasteiger partial charge on any atom is -0.0882 e. The third-order valence-corrected chi connectivity index (χ3v) is 7.55. The molecule has 34 heavy (non-hydrogen) atoms. The van der Waals surface area contributed by atoms with Gasteiger partial charge in [-0.3, -0.25) is 0 Å². The number of rotatable bonds is 27. The molecule has 0 amide bonds. The van der Waals surface area contributed by atoms with Gasteiger partial charge in [0, 0.05) is 0 Å². The van der Waals surface area contributed by atoms with Crippen molar-refractivity contribution in [3.05, 3.63) is 24.3 Å². The van der Waals surface area contributed by atoms with Crippen molar-refractivity contribution >= 4 is 0 Å². The Hall–Kier alpha value is -0.520. The summed E-state index contributed by atoms with van der Waals surface area (Å²) in [4.78, 5) is 0. The van der Waals surface area contributed by atoms with E-state index in [1.165, 1.54) is 154 Å². The molecule has 0 rings (SSSR count). The third-order valence-electron chi connectivity index (χ3n) is 7.55. The monoisotopic (exact) mass is 475 g/mol. The van der Waals surface area contributed by atoms with Crippen LogP contribution in [0.3, 0.4) is 0 Å². The normalized spacial score (nSPS) is 13.9. The summed E-state index contributed by atoms with van der Waals surface area (Å²) < 4.78 is 0. The summed E-state index contributed by atoms with van der Waals surface area (Å²) in [6.45, 7) is 9.26. The minimum atomic E-state index is 0.764. The minimum absolute atomic E-state index is 0.764. The molecular formula is C34H66. The summed E-state index contributed by atoms with van der Waals surface area (Å²) in [7, 11) is 0. The quantitative estimate of drug-likeness (QED) is 0.0819. The average molecular weight is 475 g/mol. The molecule has 2 unspecified atom stereocenters. The Kier molecular flexibility index (Phi) is 28.3. The Balaban J connectivity index is 4.82. The van der Waals surface area contributed by atoms with Gasteiger partial charge in [-0.05, 0) is 50.4 Å². The van der Waals surface area contributed by atoms with Crippen LogP contribution in [0.25, 0.3) is 0 Å². The van der Waals surface area contributed by atoms with Gasteiger partial charge in [0.2, 0.25) is 0 Å². The molecule has 0 saturated heterocycles. The van der Waals surface area contributed by atoms with E-state index < -0.39 is 0 Å². The highest BCUT2D eigenvalue weighted by molar-refractivity contribution is 5.00. The Morgan fingerprint density at radius 1 is 0.353 bits per heavy atom. The van der Waals surface area contributed by atoms with Crippen LogP contribution in [0, 0.1) is 11.8 Å². The lowest BCUT2D eigenvalue weighted by Gasteiger charge is -2.23. The maximum Gasteiger partial charge on any atom is -0.0171 e. The van der Waals surface area contributed by atoms with Crippen LogP contribution in [-0.2, 0) is 0 Å². The van der Waals surface area contributed by atoms with E-state index in [0.717, 1.165) is 11.8 Å². The van der Waals surface area contributed by atoms with E-state index in [9.17, 15) is 0 Å². The molecule has 0 heterocycles. The zero-order valence-corrected chi connectivity index (χ0v) is 24.4. The van der Waals surface area contributed by atoms with Crippen LogP contribution < -0.4 is 0 Å². The van der Waals surface area contributed by atoms with Crippen LogP contribution in [0.5, 0.6) is 0 Å². The summed E-state index contributed by atoms with van der Waals surface area (Å²) in [5, 5.41) is 0. The Bertz CT molecular complexity index is 378. The number of allylic oxidation sites excluding steroid dienone is 4. The summed E-state index contributed by atoms with van der Waals surface area (Å²) in [6.07, 6.45) is 43.9. The van der Waals surface area contributed by atoms with Crippen molar-refractivity contribution in [1.29, 1.82) is 0 Å². The van der Waals surface area contributed by atoms with Crippen molar-refractivity contribution in [3.63, 3.8) is 0 Å². The van der Waals surface area contributed by atoms with E-state index in [2.05, 4.69) is 52.0 Å². The first kappa shape index (κ1) is 33.5. The van der Waals surface area contributed by atoms with Gasteiger partial charge in [0.15, 0.2) is 0 Å². The fourth-order valence-electron chi connectivity index (χ4n) is 5.15.